The Kier molecular flexibility index (Phi) is 2.81. The molecule has 4 heteroatoms. The third-order valence-corrected chi connectivity index (χ3v) is 3.24. The SMILES string of the molecule is Brc1cccc(-c2cnnc(NC3CC3)c2)c1. The zero-order valence-corrected chi connectivity index (χ0v) is 10.8. The number of nitrogens with zero attached hydrogens (tertiary/aromatic N) is 2. The zero-order valence-electron chi connectivity index (χ0n) is 9.23. The van der Waals surface area contributed by atoms with Gasteiger partial charge in [-0.25, -0.2) is 0 Å². The summed E-state index contributed by atoms with van der Waals surface area (Å²) in [7, 11) is 0. The van der Waals surface area contributed by atoms with Crippen LogP contribution in [0.5, 0.6) is 0 Å². The average Bonchev–Trinajstić information content (AvgIpc) is 3.13. The van der Waals surface area contributed by atoms with Crippen molar-refractivity contribution in [3.05, 3.63) is 41.0 Å². The van der Waals surface area contributed by atoms with E-state index in [1.807, 2.05) is 18.2 Å². The summed E-state index contributed by atoms with van der Waals surface area (Å²) in [5.41, 5.74) is 2.23. The molecule has 0 amide bonds. The molecule has 86 valence electrons. The molecule has 0 bridgehead atoms. The van der Waals surface area contributed by atoms with Gasteiger partial charge in [-0.3, -0.25) is 0 Å². The Labute approximate surface area is 108 Å². The van der Waals surface area contributed by atoms with E-state index in [0.717, 1.165) is 21.4 Å². The molecule has 0 radical (unpaired) electrons. The van der Waals surface area contributed by atoms with Gasteiger partial charge in [-0.1, -0.05) is 28.1 Å². The first-order valence-corrected chi connectivity index (χ1v) is 6.46. The minimum absolute atomic E-state index is 0.599. The summed E-state index contributed by atoms with van der Waals surface area (Å²) in [6.45, 7) is 0. The van der Waals surface area contributed by atoms with E-state index in [1.54, 1.807) is 6.20 Å². The maximum Gasteiger partial charge on any atom is 0.149 e. The highest BCUT2D eigenvalue weighted by Gasteiger charge is 2.21. The Morgan fingerprint density at radius 2 is 2.06 bits per heavy atom. The van der Waals surface area contributed by atoms with Crippen molar-refractivity contribution in [3.63, 3.8) is 0 Å². The summed E-state index contributed by atoms with van der Waals surface area (Å²) in [5.74, 6) is 0.866. The number of hydrogen-bond acceptors (Lipinski definition) is 3. The number of halogens is 1. The third-order valence-electron chi connectivity index (χ3n) is 2.74. The molecule has 1 aromatic heterocycles. The van der Waals surface area contributed by atoms with E-state index in [0.29, 0.717) is 6.04 Å². The van der Waals surface area contributed by atoms with Crippen LogP contribution in [0.25, 0.3) is 11.1 Å². The van der Waals surface area contributed by atoms with Crippen molar-refractivity contribution >= 4 is 21.7 Å². The standard InChI is InChI=1S/C13H12BrN3/c14-11-3-1-2-9(6-11)10-7-13(17-15-8-10)16-12-4-5-12/h1-3,6-8,12H,4-5H2,(H,16,17). The molecule has 1 aliphatic carbocycles. The van der Waals surface area contributed by atoms with Crippen LogP contribution in [-0.2, 0) is 0 Å². The fraction of sp³-hybridized carbons (Fsp3) is 0.231. The van der Waals surface area contributed by atoms with Crippen molar-refractivity contribution in [2.24, 2.45) is 0 Å². The van der Waals surface area contributed by atoms with Crippen molar-refractivity contribution in [1.29, 1.82) is 0 Å². The smallest absolute Gasteiger partial charge is 0.149 e. The Morgan fingerprint density at radius 3 is 2.82 bits per heavy atom. The molecule has 1 saturated carbocycles. The van der Waals surface area contributed by atoms with E-state index >= 15 is 0 Å². The number of anilines is 1. The molecule has 17 heavy (non-hydrogen) atoms. The lowest BCUT2D eigenvalue weighted by Crippen LogP contribution is -2.03. The zero-order chi connectivity index (χ0) is 11.7. The van der Waals surface area contributed by atoms with Crippen LogP contribution >= 0.6 is 15.9 Å². The predicted molar refractivity (Wildman–Crippen MR) is 71.8 cm³/mol. The topological polar surface area (TPSA) is 37.8 Å². The fourth-order valence-corrected chi connectivity index (χ4v) is 2.10. The molecular weight excluding hydrogens is 278 g/mol. The summed E-state index contributed by atoms with van der Waals surface area (Å²) < 4.78 is 1.07. The second-order valence-corrected chi connectivity index (χ2v) is 5.17. The first kappa shape index (κ1) is 10.7. The molecular formula is C13H12BrN3. The summed E-state index contributed by atoms with van der Waals surface area (Å²) in [4.78, 5) is 0. The highest BCUT2D eigenvalue weighted by Crippen LogP contribution is 2.27. The Bertz CT molecular complexity index is 538. The van der Waals surface area contributed by atoms with Crippen LogP contribution in [0.2, 0.25) is 0 Å². The molecule has 1 heterocycles. The molecule has 1 aromatic carbocycles. The summed E-state index contributed by atoms with van der Waals surface area (Å²) in [6, 6.07) is 10.8. The molecule has 1 fully saturated rings. The Balaban J connectivity index is 1.91. The van der Waals surface area contributed by atoms with Crippen LogP contribution in [-0.4, -0.2) is 16.2 Å². The van der Waals surface area contributed by atoms with Gasteiger partial charge in [0, 0.05) is 16.1 Å². The largest absolute Gasteiger partial charge is 0.366 e. The molecule has 3 nitrogen and oxygen atoms in total. The first-order valence-electron chi connectivity index (χ1n) is 5.66. The van der Waals surface area contributed by atoms with Crippen molar-refractivity contribution < 1.29 is 0 Å². The number of nitrogens with one attached hydrogen (secondary N) is 1. The van der Waals surface area contributed by atoms with Gasteiger partial charge in [0.15, 0.2) is 0 Å². The third kappa shape index (κ3) is 2.64. The first-order chi connectivity index (χ1) is 8.31. The maximum absolute atomic E-state index is 4.09. The van der Waals surface area contributed by atoms with Gasteiger partial charge >= 0.3 is 0 Å². The number of benzene rings is 1. The fourth-order valence-electron chi connectivity index (χ4n) is 1.70. The van der Waals surface area contributed by atoms with Gasteiger partial charge in [0.2, 0.25) is 0 Å². The predicted octanol–water partition coefficient (Wildman–Crippen LogP) is 3.48. The summed E-state index contributed by atoms with van der Waals surface area (Å²) >= 11 is 3.48. The second-order valence-electron chi connectivity index (χ2n) is 4.26. The lowest BCUT2D eigenvalue weighted by Gasteiger charge is -2.05. The molecule has 0 unspecified atom stereocenters. The molecule has 1 N–H and O–H groups in total. The van der Waals surface area contributed by atoms with Crippen LogP contribution in [0.3, 0.4) is 0 Å². The molecule has 1 aliphatic rings. The molecule has 0 atom stereocenters. The van der Waals surface area contributed by atoms with Crippen LogP contribution in [0.1, 0.15) is 12.8 Å². The van der Waals surface area contributed by atoms with Gasteiger partial charge < -0.3 is 5.32 Å². The Morgan fingerprint density at radius 1 is 1.18 bits per heavy atom. The Hall–Kier alpha value is -1.42. The van der Waals surface area contributed by atoms with Gasteiger partial charge in [-0.2, -0.15) is 5.10 Å². The highest BCUT2D eigenvalue weighted by molar-refractivity contribution is 9.10. The van der Waals surface area contributed by atoms with Crippen molar-refractivity contribution in [2.45, 2.75) is 18.9 Å². The lowest BCUT2D eigenvalue weighted by atomic mass is 10.1. The van der Waals surface area contributed by atoms with Crippen molar-refractivity contribution in [3.8, 4) is 11.1 Å². The van der Waals surface area contributed by atoms with Crippen LogP contribution in [0, 0.1) is 0 Å². The van der Waals surface area contributed by atoms with Gasteiger partial charge in [0.05, 0.1) is 6.20 Å². The van der Waals surface area contributed by atoms with Gasteiger partial charge in [0.1, 0.15) is 5.82 Å². The molecule has 3 rings (SSSR count). The highest BCUT2D eigenvalue weighted by atomic mass is 79.9. The van der Waals surface area contributed by atoms with Crippen molar-refractivity contribution in [2.75, 3.05) is 5.32 Å². The molecule has 0 aliphatic heterocycles. The van der Waals surface area contributed by atoms with Crippen molar-refractivity contribution in [1.82, 2.24) is 10.2 Å². The number of rotatable bonds is 3. The van der Waals surface area contributed by atoms with E-state index < -0.39 is 0 Å². The molecule has 0 saturated heterocycles. The minimum atomic E-state index is 0.599. The van der Waals surface area contributed by atoms with Crippen LogP contribution in [0.4, 0.5) is 5.82 Å². The quantitative estimate of drug-likeness (QED) is 0.940. The summed E-state index contributed by atoms with van der Waals surface area (Å²) in [5, 5.41) is 11.5. The lowest BCUT2D eigenvalue weighted by molar-refractivity contribution is 1.00. The van der Waals surface area contributed by atoms with Crippen LogP contribution in [0.15, 0.2) is 41.0 Å². The minimum Gasteiger partial charge on any atom is -0.366 e. The molecule has 0 spiro atoms. The van der Waals surface area contributed by atoms with Crippen LogP contribution < -0.4 is 5.32 Å². The van der Waals surface area contributed by atoms with E-state index in [-0.39, 0.29) is 0 Å². The summed E-state index contributed by atoms with van der Waals surface area (Å²) in [6.07, 6.45) is 4.27. The van der Waals surface area contributed by atoms with E-state index in [9.17, 15) is 0 Å². The number of hydrogen-bond donors (Lipinski definition) is 1. The maximum atomic E-state index is 4.09. The normalized spacial score (nSPS) is 14.6. The van der Waals surface area contributed by atoms with Gasteiger partial charge in [-0.05, 0) is 36.6 Å². The number of aromatic nitrogens is 2. The average molecular weight is 290 g/mol. The van der Waals surface area contributed by atoms with Gasteiger partial charge in [0.25, 0.3) is 0 Å². The second kappa shape index (κ2) is 4.45. The van der Waals surface area contributed by atoms with E-state index in [1.165, 1.54) is 12.8 Å². The van der Waals surface area contributed by atoms with E-state index in [4.69, 9.17) is 0 Å². The van der Waals surface area contributed by atoms with Gasteiger partial charge in [-0.15, -0.1) is 5.10 Å². The van der Waals surface area contributed by atoms with E-state index in [2.05, 4.69) is 43.6 Å². The molecule has 2 aromatic rings. The monoisotopic (exact) mass is 289 g/mol.